The zero-order chi connectivity index (χ0) is 20.2. The Morgan fingerprint density at radius 1 is 1.24 bits per heavy atom. The maximum atomic E-state index is 6.22. The quantitative estimate of drug-likeness (QED) is 0.446. The van der Waals surface area contributed by atoms with Gasteiger partial charge in [-0.1, -0.05) is 29.4 Å². The fourth-order valence-corrected chi connectivity index (χ4v) is 3.95. The maximum absolute atomic E-state index is 6.22. The zero-order valence-electron chi connectivity index (χ0n) is 15.6. The van der Waals surface area contributed by atoms with E-state index in [-0.39, 0.29) is 13.4 Å². The first-order chi connectivity index (χ1) is 14.1. The number of benzene rings is 2. The molecule has 0 saturated heterocycles. The molecule has 0 fully saturated rings. The SMILES string of the molecule is COc1cccc(OCc2nnc(SCc3cc(Cl)cc4c3OCOC4)n2N)c1. The molecule has 0 radical (unpaired) electrons. The van der Waals surface area contributed by atoms with E-state index >= 15 is 0 Å². The third-order valence-electron chi connectivity index (χ3n) is 4.25. The lowest BCUT2D eigenvalue weighted by atomic mass is 10.1. The Balaban J connectivity index is 1.42. The average molecular weight is 435 g/mol. The summed E-state index contributed by atoms with van der Waals surface area (Å²) < 4.78 is 23.3. The number of rotatable bonds is 7. The van der Waals surface area contributed by atoms with Crippen molar-refractivity contribution in [3.05, 3.63) is 58.4 Å². The summed E-state index contributed by atoms with van der Waals surface area (Å²) >= 11 is 7.66. The Morgan fingerprint density at radius 2 is 2.10 bits per heavy atom. The van der Waals surface area contributed by atoms with Crippen molar-refractivity contribution in [2.45, 2.75) is 24.1 Å². The number of ether oxygens (including phenoxy) is 4. The second-order valence-electron chi connectivity index (χ2n) is 6.19. The van der Waals surface area contributed by atoms with Gasteiger partial charge in [0.05, 0.1) is 13.7 Å². The van der Waals surface area contributed by atoms with E-state index < -0.39 is 0 Å². The molecule has 8 nitrogen and oxygen atoms in total. The monoisotopic (exact) mass is 434 g/mol. The van der Waals surface area contributed by atoms with Crippen LogP contribution in [0.2, 0.25) is 5.02 Å². The van der Waals surface area contributed by atoms with Crippen molar-refractivity contribution in [2.75, 3.05) is 19.7 Å². The minimum atomic E-state index is 0.185. The number of hydrogen-bond donors (Lipinski definition) is 1. The molecule has 0 bridgehead atoms. The first kappa shape index (κ1) is 19.7. The fourth-order valence-electron chi connectivity index (χ4n) is 2.85. The summed E-state index contributed by atoms with van der Waals surface area (Å²) in [6.07, 6.45) is 0. The molecule has 29 heavy (non-hydrogen) atoms. The molecule has 152 valence electrons. The van der Waals surface area contributed by atoms with E-state index in [1.54, 1.807) is 13.2 Å². The van der Waals surface area contributed by atoms with Gasteiger partial charge in [-0.25, -0.2) is 4.68 Å². The number of nitrogens with zero attached hydrogens (tertiary/aromatic N) is 3. The summed E-state index contributed by atoms with van der Waals surface area (Å²) in [5.74, 6) is 9.41. The molecule has 2 aromatic carbocycles. The lowest BCUT2D eigenvalue weighted by Gasteiger charge is -2.20. The first-order valence-electron chi connectivity index (χ1n) is 8.75. The van der Waals surface area contributed by atoms with Crippen LogP contribution in [0.1, 0.15) is 17.0 Å². The van der Waals surface area contributed by atoms with Gasteiger partial charge in [-0.05, 0) is 24.3 Å². The third-order valence-corrected chi connectivity index (χ3v) is 5.46. The molecule has 2 N–H and O–H groups in total. The van der Waals surface area contributed by atoms with Crippen molar-refractivity contribution in [3.63, 3.8) is 0 Å². The van der Waals surface area contributed by atoms with Crippen molar-refractivity contribution in [2.24, 2.45) is 0 Å². The van der Waals surface area contributed by atoms with Crippen LogP contribution in [0.5, 0.6) is 17.2 Å². The van der Waals surface area contributed by atoms with Gasteiger partial charge in [-0.2, -0.15) is 0 Å². The molecule has 1 aliphatic heterocycles. The minimum absolute atomic E-state index is 0.185. The summed E-state index contributed by atoms with van der Waals surface area (Å²) in [5, 5.41) is 9.48. The Hall–Kier alpha value is -2.62. The van der Waals surface area contributed by atoms with Crippen LogP contribution in [0.25, 0.3) is 0 Å². The Morgan fingerprint density at radius 3 is 2.97 bits per heavy atom. The first-order valence-corrected chi connectivity index (χ1v) is 10.1. The molecule has 0 atom stereocenters. The van der Waals surface area contributed by atoms with E-state index in [2.05, 4.69) is 10.2 Å². The number of halogens is 1. The lowest BCUT2D eigenvalue weighted by Crippen LogP contribution is -2.16. The topological polar surface area (TPSA) is 93.6 Å². The van der Waals surface area contributed by atoms with Crippen molar-refractivity contribution >= 4 is 23.4 Å². The van der Waals surface area contributed by atoms with Crippen LogP contribution in [-0.2, 0) is 23.7 Å². The van der Waals surface area contributed by atoms with Crippen molar-refractivity contribution in [1.82, 2.24) is 14.9 Å². The van der Waals surface area contributed by atoms with Crippen molar-refractivity contribution < 1.29 is 18.9 Å². The van der Waals surface area contributed by atoms with Gasteiger partial charge in [0.25, 0.3) is 0 Å². The van der Waals surface area contributed by atoms with E-state index in [4.69, 9.17) is 36.4 Å². The molecule has 0 spiro atoms. The van der Waals surface area contributed by atoms with E-state index in [1.165, 1.54) is 16.4 Å². The normalized spacial score (nSPS) is 12.9. The van der Waals surface area contributed by atoms with Gasteiger partial charge in [0.2, 0.25) is 5.16 Å². The van der Waals surface area contributed by atoms with Crippen LogP contribution >= 0.6 is 23.4 Å². The Labute approximate surface area is 176 Å². The van der Waals surface area contributed by atoms with Crippen LogP contribution in [0, 0.1) is 0 Å². The predicted molar refractivity (Wildman–Crippen MR) is 109 cm³/mol. The number of nitrogen functional groups attached to an aromatic ring is 1. The number of thioether (sulfide) groups is 1. The molecule has 1 aromatic heterocycles. The van der Waals surface area contributed by atoms with Gasteiger partial charge < -0.3 is 24.8 Å². The van der Waals surface area contributed by atoms with Gasteiger partial charge in [-0.15, -0.1) is 10.2 Å². The Bertz CT molecular complexity index is 1010. The molecule has 10 heteroatoms. The number of methoxy groups -OCH3 is 1. The van der Waals surface area contributed by atoms with E-state index in [0.717, 1.165) is 16.9 Å². The highest BCUT2D eigenvalue weighted by Gasteiger charge is 2.18. The summed E-state index contributed by atoms with van der Waals surface area (Å²) in [6.45, 7) is 0.891. The third kappa shape index (κ3) is 4.52. The van der Waals surface area contributed by atoms with Crippen LogP contribution in [0.3, 0.4) is 0 Å². The van der Waals surface area contributed by atoms with Crippen LogP contribution in [-0.4, -0.2) is 28.8 Å². The van der Waals surface area contributed by atoms with Crippen LogP contribution in [0.4, 0.5) is 0 Å². The highest BCUT2D eigenvalue weighted by atomic mass is 35.5. The number of nitrogens with two attached hydrogens (primary N) is 1. The van der Waals surface area contributed by atoms with Gasteiger partial charge in [0.15, 0.2) is 12.6 Å². The highest BCUT2D eigenvalue weighted by molar-refractivity contribution is 7.98. The molecule has 0 unspecified atom stereocenters. The second-order valence-corrected chi connectivity index (χ2v) is 7.57. The van der Waals surface area contributed by atoms with E-state index in [9.17, 15) is 0 Å². The molecule has 4 rings (SSSR count). The predicted octanol–water partition coefficient (Wildman–Crippen LogP) is 3.39. The van der Waals surface area contributed by atoms with Crippen molar-refractivity contribution in [1.29, 1.82) is 0 Å². The second kappa shape index (κ2) is 8.81. The lowest BCUT2D eigenvalue weighted by molar-refractivity contribution is -0.0168. The molecule has 1 aliphatic rings. The number of hydrogen-bond acceptors (Lipinski definition) is 8. The summed E-state index contributed by atoms with van der Waals surface area (Å²) in [6, 6.07) is 11.0. The maximum Gasteiger partial charge on any atom is 0.210 e. The van der Waals surface area contributed by atoms with E-state index in [0.29, 0.717) is 39.9 Å². The standard InChI is InChI=1S/C19H19ClN4O4S/c1-25-15-3-2-4-16(7-15)27-9-17-22-23-19(24(17)21)29-10-13-6-14(20)5-12-8-26-11-28-18(12)13/h2-7H,8-11,21H2,1H3. The van der Waals surface area contributed by atoms with Crippen LogP contribution < -0.4 is 20.1 Å². The summed E-state index contributed by atoms with van der Waals surface area (Å²) in [7, 11) is 1.61. The summed E-state index contributed by atoms with van der Waals surface area (Å²) in [5.41, 5.74) is 1.89. The Kier molecular flexibility index (Phi) is 5.98. The largest absolute Gasteiger partial charge is 0.497 e. The minimum Gasteiger partial charge on any atom is -0.497 e. The van der Waals surface area contributed by atoms with Gasteiger partial charge >= 0.3 is 0 Å². The molecule has 0 saturated carbocycles. The molecular formula is C19H19ClN4O4S. The van der Waals surface area contributed by atoms with E-state index in [1.807, 2.05) is 30.3 Å². The molecule has 0 amide bonds. The van der Waals surface area contributed by atoms with Crippen LogP contribution in [0.15, 0.2) is 41.6 Å². The fraction of sp³-hybridized carbons (Fsp3) is 0.263. The number of aromatic nitrogens is 3. The van der Waals surface area contributed by atoms with Gasteiger partial charge in [-0.3, -0.25) is 0 Å². The van der Waals surface area contributed by atoms with Crippen molar-refractivity contribution in [3.8, 4) is 17.2 Å². The molecule has 2 heterocycles. The number of fused-ring (bicyclic) bond motifs is 1. The zero-order valence-corrected chi connectivity index (χ0v) is 17.2. The van der Waals surface area contributed by atoms with Gasteiger partial charge in [0.1, 0.15) is 23.9 Å². The molecule has 0 aliphatic carbocycles. The van der Waals surface area contributed by atoms with Gasteiger partial charge in [0, 0.05) is 28.0 Å². The molecule has 3 aromatic rings. The smallest absolute Gasteiger partial charge is 0.210 e. The average Bonchev–Trinajstić information content (AvgIpc) is 3.10. The highest BCUT2D eigenvalue weighted by Crippen LogP contribution is 2.35. The molecular weight excluding hydrogens is 416 g/mol. The summed E-state index contributed by atoms with van der Waals surface area (Å²) in [4.78, 5) is 0.